The monoisotopic (exact) mass is 533 g/mol. The lowest BCUT2D eigenvalue weighted by atomic mass is 9.84. The van der Waals surface area contributed by atoms with Gasteiger partial charge in [0.1, 0.15) is 5.75 Å². The number of ketones is 1. The Bertz CT molecular complexity index is 1460. The highest BCUT2D eigenvalue weighted by molar-refractivity contribution is 6.09. The lowest BCUT2D eigenvalue weighted by Crippen LogP contribution is -2.55. The summed E-state index contributed by atoms with van der Waals surface area (Å²) in [6, 6.07) is 10.0. The van der Waals surface area contributed by atoms with Gasteiger partial charge >= 0.3 is 0 Å². The molecule has 1 N–H and O–H groups in total. The second kappa shape index (κ2) is 10.6. The van der Waals surface area contributed by atoms with Gasteiger partial charge in [0.25, 0.3) is 5.56 Å². The van der Waals surface area contributed by atoms with E-state index in [1.54, 1.807) is 13.2 Å². The lowest BCUT2D eigenvalue weighted by Gasteiger charge is -2.43. The van der Waals surface area contributed by atoms with Crippen LogP contribution in [0, 0.1) is 25.2 Å². The third kappa shape index (κ3) is 4.91. The SMILES string of the molecule is COc1cc(C)[nH]c(=O)c1CCC(=O)c1c(C)n([C@H](C)C2CCN(C(=O)C3(C)COC3)CC2)c2ccccc12. The summed E-state index contributed by atoms with van der Waals surface area (Å²) in [6.45, 7) is 10.6. The largest absolute Gasteiger partial charge is 0.496 e. The molecule has 1 aromatic carbocycles. The molecule has 0 spiro atoms. The first-order valence-corrected chi connectivity index (χ1v) is 13.9. The Morgan fingerprint density at radius 3 is 2.51 bits per heavy atom. The van der Waals surface area contributed by atoms with E-state index in [0.717, 1.165) is 53.8 Å². The molecule has 0 bridgehead atoms. The maximum absolute atomic E-state index is 13.7. The number of amides is 1. The van der Waals surface area contributed by atoms with Crippen LogP contribution >= 0.6 is 0 Å². The molecular formula is C31H39N3O5. The molecule has 2 aliphatic heterocycles. The van der Waals surface area contributed by atoms with Gasteiger partial charge in [-0.3, -0.25) is 14.4 Å². The van der Waals surface area contributed by atoms with Crippen LogP contribution in [-0.2, 0) is 16.0 Å². The molecule has 39 heavy (non-hydrogen) atoms. The van der Waals surface area contributed by atoms with Crippen molar-refractivity contribution in [3.8, 4) is 5.75 Å². The molecular weight excluding hydrogens is 494 g/mol. The molecule has 8 nitrogen and oxygen atoms in total. The average molecular weight is 534 g/mol. The molecule has 2 saturated heterocycles. The van der Waals surface area contributed by atoms with Gasteiger partial charge in [-0.2, -0.15) is 0 Å². The van der Waals surface area contributed by atoms with E-state index in [2.05, 4.69) is 22.5 Å². The average Bonchev–Trinajstić information content (AvgIpc) is 3.21. The topological polar surface area (TPSA) is 93.6 Å². The van der Waals surface area contributed by atoms with E-state index in [4.69, 9.17) is 9.47 Å². The number of piperidine rings is 1. The summed E-state index contributed by atoms with van der Waals surface area (Å²) < 4.78 is 13.0. The summed E-state index contributed by atoms with van der Waals surface area (Å²) >= 11 is 0. The fourth-order valence-electron chi connectivity index (χ4n) is 6.45. The van der Waals surface area contributed by atoms with Crippen LogP contribution in [0.3, 0.4) is 0 Å². The third-order valence-corrected chi connectivity index (χ3v) is 8.76. The number of carbonyl (C=O) groups is 2. The highest BCUT2D eigenvalue weighted by Gasteiger charge is 2.44. The molecule has 208 valence electrons. The molecule has 2 fully saturated rings. The van der Waals surface area contributed by atoms with Crippen molar-refractivity contribution >= 4 is 22.6 Å². The number of hydrogen-bond acceptors (Lipinski definition) is 5. The number of H-pyrrole nitrogens is 1. The number of Topliss-reactive ketones (excluding diaryl/α,β-unsaturated/α-hetero) is 1. The summed E-state index contributed by atoms with van der Waals surface area (Å²) in [5.74, 6) is 1.14. The normalized spacial score (nSPS) is 18.1. The second-order valence-electron chi connectivity index (χ2n) is 11.5. The predicted octanol–water partition coefficient (Wildman–Crippen LogP) is 4.61. The van der Waals surface area contributed by atoms with Crippen LogP contribution in [0.2, 0.25) is 0 Å². The first kappa shape index (κ1) is 27.2. The molecule has 1 atom stereocenters. The number of fused-ring (bicyclic) bond motifs is 1. The van der Waals surface area contributed by atoms with Gasteiger partial charge in [0.05, 0.1) is 31.3 Å². The minimum absolute atomic E-state index is 0.0213. The minimum atomic E-state index is -0.367. The van der Waals surface area contributed by atoms with E-state index in [1.807, 2.05) is 43.9 Å². The molecule has 0 unspecified atom stereocenters. The van der Waals surface area contributed by atoms with E-state index in [1.165, 1.54) is 0 Å². The van der Waals surface area contributed by atoms with Crippen LogP contribution in [0.4, 0.5) is 0 Å². The van der Waals surface area contributed by atoms with Crippen LogP contribution < -0.4 is 10.3 Å². The first-order chi connectivity index (χ1) is 18.6. The first-order valence-electron chi connectivity index (χ1n) is 13.9. The molecule has 5 rings (SSSR count). The zero-order valence-electron chi connectivity index (χ0n) is 23.6. The number of methoxy groups -OCH3 is 1. The number of rotatable bonds is 8. The number of nitrogens with one attached hydrogen (secondary N) is 1. The van der Waals surface area contributed by atoms with Gasteiger partial charge in [-0.1, -0.05) is 18.2 Å². The van der Waals surface area contributed by atoms with Crippen LogP contribution in [0.15, 0.2) is 35.1 Å². The Morgan fingerprint density at radius 1 is 1.18 bits per heavy atom. The quantitative estimate of drug-likeness (QED) is 0.427. The number of aromatic amines is 1. The second-order valence-corrected chi connectivity index (χ2v) is 11.5. The van der Waals surface area contributed by atoms with Gasteiger partial charge in [0.2, 0.25) is 5.91 Å². The number of nitrogens with zero attached hydrogens (tertiary/aromatic N) is 2. The number of para-hydroxylation sites is 1. The van der Waals surface area contributed by atoms with Crippen molar-refractivity contribution < 1.29 is 19.1 Å². The van der Waals surface area contributed by atoms with Crippen molar-refractivity contribution in [1.29, 1.82) is 0 Å². The van der Waals surface area contributed by atoms with Gasteiger partial charge in [0.15, 0.2) is 5.78 Å². The zero-order valence-corrected chi connectivity index (χ0v) is 23.6. The number of hydrogen-bond donors (Lipinski definition) is 1. The van der Waals surface area contributed by atoms with Crippen molar-refractivity contribution in [3.05, 3.63) is 63.2 Å². The van der Waals surface area contributed by atoms with E-state index >= 15 is 0 Å². The number of aromatic nitrogens is 2. The van der Waals surface area contributed by atoms with E-state index in [9.17, 15) is 14.4 Å². The van der Waals surface area contributed by atoms with E-state index < -0.39 is 0 Å². The zero-order chi connectivity index (χ0) is 27.9. The number of aryl methyl sites for hydroxylation is 1. The summed E-state index contributed by atoms with van der Waals surface area (Å²) in [5, 5.41) is 0.946. The number of ether oxygens (including phenoxy) is 2. The van der Waals surface area contributed by atoms with Crippen LogP contribution in [0.5, 0.6) is 5.75 Å². The maximum atomic E-state index is 13.7. The maximum Gasteiger partial charge on any atom is 0.255 e. The number of likely N-dealkylation sites (tertiary alicyclic amines) is 1. The Balaban J connectivity index is 1.36. The molecule has 0 aliphatic carbocycles. The molecule has 0 saturated carbocycles. The molecule has 0 radical (unpaired) electrons. The van der Waals surface area contributed by atoms with Gasteiger partial charge < -0.3 is 23.9 Å². The van der Waals surface area contributed by atoms with Crippen LogP contribution in [0.25, 0.3) is 10.9 Å². The molecule has 8 heteroatoms. The third-order valence-electron chi connectivity index (χ3n) is 8.76. The van der Waals surface area contributed by atoms with Crippen LogP contribution in [-0.4, -0.2) is 59.6 Å². The number of pyridine rings is 1. The van der Waals surface area contributed by atoms with Gasteiger partial charge in [-0.25, -0.2) is 0 Å². The fourth-order valence-corrected chi connectivity index (χ4v) is 6.45. The van der Waals surface area contributed by atoms with Crippen molar-refractivity contribution in [2.45, 2.75) is 59.4 Å². The molecule has 2 aromatic heterocycles. The summed E-state index contributed by atoms with van der Waals surface area (Å²) in [6.07, 6.45) is 2.38. The number of benzene rings is 1. The van der Waals surface area contributed by atoms with E-state index in [-0.39, 0.29) is 35.1 Å². The van der Waals surface area contributed by atoms with Gasteiger partial charge in [0, 0.05) is 53.4 Å². The Hall–Kier alpha value is -3.39. The van der Waals surface area contributed by atoms with Crippen molar-refractivity contribution in [1.82, 2.24) is 14.5 Å². The molecule has 3 aromatic rings. The molecule has 1 amide bonds. The van der Waals surface area contributed by atoms with Crippen molar-refractivity contribution in [2.75, 3.05) is 33.4 Å². The highest BCUT2D eigenvalue weighted by Crippen LogP contribution is 2.38. The Morgan fingerprint density at radius 2 is 1.87 bits per heavy atom. The fraction of sp³-hybridized carbons (Fsp3) is 0.516. The Labute approximate surface area is 229 Å². The van der Waals surface area contributed by atoms with Gasteiger partial charge in [-0.05, 0) is 65.0 Å². The predicted molar refractivity (Wildman–Crippen MR) is 151 cm³/mol. The molecule has 2 aliphatic rings. The Kier molecular flexibility index (Phi) is 7.42. The summed E-state index contributed by atoms with van der Waals surface area (Å²) in [7, 11) is 1.54. The lowest BCUT2D eigenvalue weighted by molar-refractivity contribution is -0.170. The summed E-state index contributed by atoms with van der Waals surface area (Å²) in [4.78, 5) is 44.0. The van der Waals surface area contributed by atoms with Gasteiger partial charge in [-0.15, -0.1) is 0 Å². The smallest absolute Gasteiger partial charge is 0.255 e. The minimum Gasteiger partial charge on any atom is -0.496 e. The van der Waals surface area contributed by atoms with Crippen molar-refractivity contribution in [3.63, 3.8) is 0 Å². The van der Waals surface area contributed by atoms with Crippen LogP contribution in [0.1, 0.15) is 66.5 Å². The number of carbonyl (C=O) groups excluding carboxylic acids is 2. The molecule has 4 heterocycles. The van der Waals surface area contributed by atoms with E-state index in [0.29, 0.717) is 36.9 Å². The summed E-state index contributed by atoms with van der Waals surface area (Å²) in [5.41, 5.74) is 3.37. The van der Waals surface area contributed by atoms with Crippen molar-refractivity contribution in [2.24, 2.45) is 11.3 Å². The highest BCUT2D eigenvalue weighted by atomic mass is 16.5. The standard InChI is InChI=1S/C31H39N3O5/c1-19-16-27(38-5)24(29(36)32-19)10-11-26(35)28-21(3)34(25-9-7-6-8-23(25)28)20(2)22-12-14-33(15-13-22)30(37)31(4)17-39-18-31/h6-9,16,20,22H,10-15,17-18H2,1-5H3,(H,32,36)/t20-/m1/s1.